The number of hydrogen-bond donors (Lipinski definition) is 2. The van der Waals surface area contributed by atoms with Crippen LogP contribution in [0.2, 0.25) is 0 Å². The summed E-state index contributed by atoms with van der Waals surface area (Å²) in [5.74, 6) is 2.11. The van der Waals surface area contributed by atoms with E-state index in [4.69, 9.17) is 0 Å². The minimum absolute atomic E-state index is 0.0991. The van der Waals surface area contributed by atoms with Gasteiger partial charge >= 0.3 is 0 Å². The minimum Gasteiger partial charge on any atom is -0.349 e. The molecule has 7 heteroatoms. The van der Waals surface area contributed by atoms with E-state index in [-0.39, 0.29) is 16.2 Å². The SMILES string of the molecule is C[C@H](NC(=O)c1ccc(NS(=O)(=O)c2cccs2)cc1)[C@H]1C[C@H]2CC[C@H]1C2. The van der Waals surface area contributed by atoms with Crippen molar-refractivity contribution in [3.8, 4) is 0 Å². The van der Waals surface area contributed by atoms with Gasteiger partial charge in [0.1, 0.15) is 4.21 Å². The summed E-state index contributed by atoms with van der Waals surface area (Å²) in [6.45, 7) is 2.10. The molecular formula is C20H24N2O3S2. The summed E-state index contributed by atoms with van der Waals surface area (Å²) >= 11 is 1.17. The van der Waals surface area contributed by atoms with Crippen LogP contribution in [0.4, 0.5) is 5.69 Å². The van der Waals surface area contributed by atoms with Crippen LogP contribution in [0.1, 0.15) is 43.0 Å². The highest BCUT2D eigenvalue weighted by Gasteiger charge is 2.42. The number of thiophene rings is 1. The summed E-state index contributed by atoms with van der Waals surface area (Å²) in [6, 6.07) is 10.0. The van der Waals surface area contributed by atoms with Crippen molar-refractivity contribution < 1.29 is 13.2 Å². The summed E-state index contributed by atoms with van der Waals surface area (Å²) in [5.41, 5.74) is 0.991. The van der Waals surface area contributed by atoms with E-state index in [1.807, 2.05) is 0 Å². The minimum atomic E-state index is -3.57. The lowest BCUT2D eigenvalue weighted by Crippen LogP contribution is -2.40. The van der Waals surface area contributed by atoms with E-state index in [0.29, 0.717) is 17.2 Å². The predicted octanol–water partition coefficient (Wildman–Crippen LogP) is 4.10. The van der Waals surface area contributed by atoms with Crippen molar-refractivity contribution in [2.24, 2.45) is 17.8 Å². The summed E-state index contributed by atoms with van der Waals surface area (Å²) in [5, 5.41) is 4.86. The van der Waals surface area contributed by atoms with Gasteiger partial charge in [0.15, 0.2) is 0 Å². The molecule has 2 bridgehead atoms. The molecule has 0 spiro atoms. The molecule has 1 amide bonds. The third-order valence-electron chi connectivity index (χ3n) is 5.95. The fourth-order valence-electron chi connectivity index (χ4n) is 4.61. The Kier molecular flexibility index (Phi) is 4.99. The van der Waals surface area contributed by atoms with Gasteiger partial charge in [-0.05, 0) is 79.7 Å². The molecule has 0 saturated heterocycles. The number of benzene rings is 1. The van der Waals surface area contributed by atoms with Gasteiger partial charge in [0.2, 0.25) is 0 Å². The molecule has 2 aliphatic carbocycles. The highest BCUT2D eigenvalue weighted by Crippen LogP contribution is 2.49. The Balaban J connectivity index is 1.38. The maximum atomic E-state index is 12.6. The average Bonchev–Trinajstić information content (AvgIpc) is 3.39. The number of carbonyl (C=O) groups is 1. The fourth-order valence-corrected chi connectivity index (χ4v) is 6.67. The van der Waals surface area contributed by atoms with Crippen LogP contribution in [0.25, 0.3) is 0 Å². The van der Waals surface area contributed by atoms with Gasteiger partial charge in [0.25, 0.3) is 15.9 Å². The molecule has 4 atom stereocenters. The monoisotopic (exact) mass is 404 g/mol. The molecule has 5 nitrogen and oxygen atoms in total. The quantitative estimate of drug-likeness (QED) is 0.761. The van der Waals surface area contributed by atoms with Crippen LogP contribution in [-0.4, -0.2) is 20.4 Å². The Bertz CT molecular complexity index is 907. The number of sulfonamides is 1. The molecule has 1 heterocycles. The van der Waals surface area contributed by atoms with E-state index in [1.54, 1.807) is 41.8 Å². The Morgan fingerprint density at radius 3 is 2.52 bits per heavy atom. The molecule has 1 aromatic heterocycles. The van der Waals surface area contributed by atoms with E-state index in [1.165, 1.54) is 37.0 Å². The van der Waals surface area contributed by atoms with Crippen molar-refractivity contribution in [3.63, 3.8) is 0 Å². The first kappa shape index (κ1) is 18.5. The Hall–Kier alpha value is -1.86. The first-order chi connectivity index (χ1) is 12.9. The lowest BCUT2D eigenvalue weighted by Gasteiger charge is -2.28. The van der Waals surface area contributed by atoms with E-state index in [9.17, 15) is 13.2 Å². The molecule has 0 unspecified atom stereocenters. The van der Waals surface area contributed by atoms with Crippen molar-refractivity contribution in [1.29, 1.82) is 0 Å². The number of nitrogens with one attached hydrogen (secondary N) is 2. The zero-order valence-corrected chi connectivity index (χ0v) is 16.9. The van der Waals surface area contributed by atoms with Gasteiger partial charge in [-0.15, -0.1) is 11.3 Å². The fraction of sp³-hybridized carbons (Fsp3) is 0.450. The molecule has 2 saturated carbocycles. The molecule has 27 heavy (non-hydrogen) atoms. The molecule has 2 fully saturated rings. The first-order valence-corrected chi connectivity index (χ1v) is 11.8. The van der Waals surface area contributed by atoms with Crippen molar-refractivity contribution in [1.82, 2.24) is 5.32 Å². The molecule has 144 valence electrons. The van der Waals surface area contributed by atoms with Crippen molar-refractivity contribution >= 4 is 33.0 Å². The summed E-state index contributed by atoms with van der Waals surface area (Å²) in [7, 11) is -3.57. The lowest BCUT2D eigenvalue weighted by molar-refractivity contribution is 0.0915. The normalized spacial score (nSPS) is 25.3. The molecule has 2 aromatic rings. The third kappa shape index (κ3) is 3.89. The largest absolute Gasteiger partial charge is 0.349 e. The third-order valence-corrected chi connectivity index (χ3v) is 8.73. The summed E-state index contributed by atoms with van der Waals surface area (Å²) in [6.07, 6.45) is 5.21. The number of carbonyl (C=O) groups excluding carboxylic acids is 1. The number of fused-ring (bicyclic) bond motifs is 2. The predicted molar refractivity (Wildman–Crippen MR) is 107 cm³/mol. The van der Waals surface area contributed by atoms with Gasteiger partial charge in [-0.25, -0.2) is 8.42 Å². The van der Waals surface area contributed by atoms with Gasteiger partial charge in [-0.3, -0.25) is 9.52 Å². The second-order valence-corrected chi connectivity index (χ2v) is 10.6. The van der Waals surface area contributed by atoms with Gasteiger partial charge in [0.05, 0.1) is 0 Å². The van der Waals surface area contributed by atoms with Crippen molar-refractivity contribution in [3.05, 3.63) is 47.3 Å². The molecule has 1 aromatic carbocycles. The van der Waals surface area contributed by atoms with E-state index < -0.39 is 10.0 Å². The van der Waals surface area contributed by atoms with Crippen LogP contribution in [-0.2, 0) is 10.0 Å². The number of hydrogen-bond acceptors (Lipinski definition) is 4. The maximum Gasteiger partial charge on any atom is 0.271 e. The summed E-state index contributed by atoms with van der Waals surface area (Å²) < 4.78 is 27.3. The average molecular weight is 405 g/mol. The van der Waals surface area contributed by atoms with Crippen molar-refractivity contribution in [2.45, 2.75) is 42.9 Å². The van der Waals surface area contributed by atoms with E-state index in [2.05, 4.69) is 17.0 Å². The number of rotatable bonds is 6. The molecular weight excluding hydrogens is 380 g/mol. The first-order valence-electron chi connectivity index (χ1n) is 9.39. The van der Waals surface area contributed by atoms with Crippen molar-refractivity contribution in [2.75, 3.05) is 4.72 Å². The van der Waals surface area contributed by atoms with Crippen LogP contribution >= 0.6 is 11.3 Å². The molecule has 2 aliphatic rings. The van der Waals surface area contributed by atoms with Gasteiger partial charge < -0.3 is 5.32 Å². The second kappa shape index (κ2) is 7.28. The molecule has 2 N–H and O–H groups in total. The van der Waals surface area contributed by atoms with Crippen LogP contribution in [0, 0.1) is 17.8 Å². The van der Waals surface area contributed by atoms with E-state index in [0.717, 1.165) is 11.8 Å². The van der Waals surface area contributed by atoms with Gasteiger partial charge in [-0.2, -0.15) is 0 Å². The highest BCUT2D eigenvalue weighted by molar-refractivity contribution is 7.94. The van der Waals surface area contributed by atoms with Gasteiger partial charge in [-0.1, -0.05) is 12.5 Å². The maximum absolute atomic E-state index is 12.6. The van der Waals surface area contributed by atoms with Crippen LogP contribution < -0.4 is 10.0 Å². The van der Waals surface area contributed by atoms with Crippen LogP contribution in [0.3, 0.4) is 0 Å². The standard InChI is InChI=1S/C20H24N2O3S2/c1-13(18-12-14-4-5-16(18)11-14)21-20(23)15-6-8-17(9-7-15)22-27(24,25)19-3-2-10-26-19/h2-3,6-10,13-14,16,18,22H,4-5,11-12H2,1H3,(H,21,23)/t13-,14-,16-,18+/m0/s1. The number of amides is 1. The summed E-state index contributed by atoms with van der Waals surface area (Å²) in [4.78, 5) is 12.6. The van der Waals surface area contributed by atoms with Crippen LogP contribution in [0.15, 0.2) is 46.0 Å². The van der Waals surface area contributed by atoms with Gasteiger partial charge in [0, 0.05) is 17.3 Å². The molecule has 0 radical (unpaired) electrons. The smallest absolute Gasteiger partial charge is 0.271 e. The Morgan fingerprint density at radius 2 is 1.93 bits per heavy atom. The zero-order valence-electron chi connectivity index (χ0n) is 15.2. The Morgan fingerprint density at radius 1 is 1.15 bits per heavy atom. The Labute approximate surface area is 164 Å². The lowest BCUT2D eigenvalue weighted by atomic mass is 9.84. The molecule has 0 aliphatic heterocycles. The highest BCUT2D eigenvalue weighted by atomic mass is 32.2. The van der Waals surface area contributed by atoms with Crippen LogP contribution in [0.5, 0.6) is 0 Å². The molecule has 4 rings (SSSR count). The van der Waals surface area contributed by atoms with E-state index >= 15 is 0 Å². The zero-order chi connectivity index (χ0) is 19.0. The topological polar surface area (TPSA) is 75.3 Å². The second-order valence-electron chi connectivity index (χ2n) is 7.72. The number of anilines is 1.